The largest absolute Gasteiger partial charge is 0.393 e. The maximum Gasteiger partial charge on any atom is 0.221 e. The second-order valence-electron chi connectivity index (χ2n) is 4.02. The molecule has 0 saturated heterocycles. The topological polar surface area (TPSA) is 75.4 Å². The van der Waals surface area contributed by atoms with Crippen LogP contribution in [0.25, 0.3) is 0 Å². The summed E-state index contributed by atoms with van der Waals surface area (Å²) in [6, 6.07) is 0. The molecule has 0 radical (unpaired) electrons. The van der Waals surface area contributed by atoms with Crippen molar-refractivity contribution in [2.45, 2.75) is 38.2 Å². The van der Waals surface area contributed by atoms with Crippen LogP contribution in [0.3, 0.4) is 0 Å². The van der Waals surface area contributed by atoms with E-state index in [1.54, 1.807) is 0 Å². The first kappa shape index (κ1) is 11.5. The summed E-state index contributed by atoms with van der Waals surface area (Å²) in [5, 5.41) is 12.2. The number of hydrogen-bond acceptors (Lipinski definition) is 3. The molecule has 1 rings (SSSR count). The molecular weight excluding hydrogens is 180 g/mol. The molecule has 0 aromatic heterocycles. The molecule has 0 spiro atoms. The van der Waals surface area contributed by atoms with Crippen molar-refractivity contribution < 1.29 is 9.90 Å². The van der Waals surface area contributed by atoms with Crippen LogP contribution in [0, 0.1) is 5.92 Å². The van der Waals surface area contributed by atoms with Gasteiger partial charge in [0, 0.05) is 19.5 Å². The van der Waals surface area contributed by atoms with E-state index in [2.05, 4.69) is 5.32 Å². The summed E-state index contributed by atoms with van der Waals surface area (Å²) in [5.41, 5.74) is 5.26. The van der Waals surface area contributed by atoms with Gasteiger partial charge < -0.3 is 16.2 Å². The summed E-state index contributed by atoms with van der Waals surface area (Å²) in [5.74, 6) is 0.582. The summed E-state index contributed by atoms with van der Waals surface area (Å²) in [7, 11) is 0. The quantitative estimate of drug-likeness (QED) is 0.598. The highest BCUT2D eigenvalue weighted by molar-refractivity contribution is 5.75. The molecule has 1 aliphatic carbocycles. The van der Waals surface area contributed by atoms with Crippen LogP contribution in [-0.2, 0) is 4.79 Å². The molecule has 0 unspecified atom stereocenters. The van der Waals surface area contributed by atoms with Crippen molar-refractivity contribution in [1.82, 2.24) is 5.32 Å². The van der Waals surface area contributed by atoms with Crippen LogP contribution in [0.4, 0.5) is 0 Å². The van der Waals surface area contributed by atoms with Gasteiger partial charge in [-0.3, -0.25) is 4.79 Å². The minimum Gasteiger partial charge on any atom is -0.393 e. The third-order valence-corrected chi connectivity index (χ3v) is 2.78. The number of amides is 1. The van der Waals surface area contributed by atoms with Crippen molar-refractivity contribution in [2.75, 3.05) is 13.1 Å². The number of aliphatic hydroxyl groups is 1. The predicted molar refractivity (Wildman–Crippen MR) is 54.6 cm³/mol. The molecule has 82 valence electrons. The first-order valence-electron chi connectivity index (χ1n) is 5.37. The van der Waals surface area contributed by atoms with E-state index < -0.39 is 0 Å². The first-order chi connectivity index (χ1) is 6.72. The van der Waals surface area contributed by atoms with Gasteiger partial charge >= 0.3 is 0 Å². The van der Waals surface area contributed by atoms with Crippen LogP contribution in [0.2, 0.25) is 0 Å². The van der Waals surface area contributed by atoms with Crippen LogP contribution in [0.15, 0.2) is 0 Å². The van der Waals surface area contributed by atoms with E-state index in [1.807, 2.05) is 0 Å². The highest BCUT2D eigenvalue weighted by Crippen LogP contribution is 2.23. The molecule has 1 amide bonds. The summed E-state index contributed by atoms with van der Waals surface area (Å²) >= 11 is 0. The molecular formula is C10H20N2O2. The Balaban J connectivity index is 2.09. The normalized spacial score (nSPS) is 27.3. The van der Waals surface area contributed by atoms with Gasteiger partial charge in [-0.05, 0) is 31.6 Å². The Kier molecular flexibility index (Phi) is 4.90. The van der Waals surface area contributed by atoms with Crippen LogP contribution in [-0.4, -0.2) is 30.2 Å². The van der Waals surface area contributed by atoms with E-state index in [1.165, 1.54) is 0 Å². The average molecular weight is 200 g/mol. The molecule has 0 heterocycles. The lowest BCUT2D eigenvalue weighted by Crippen LogP contribution is -2.32. The Hall–Kier alpha value is -0.610. The Labute approximate surface area is 84.9 Å². The maximum atomic E-state index is 11.1. The van der Waals surface area contributed by atoms with Crippen LogP contribution in [0.1, 0.15) is 32.1 Å². The Morgan fingerprint density at radius 2 is 2.00 bits per heavy atom. The fraction of sp³-hybridized carbons (Fsp3) is 0.900. The second kappa shape index (κ2) is 5.98. The van der Waals surface area contributed by atoms with Crippen molar-refractivity contribution in [3.63, 3.8) is 0 Å². The van der Waals surface area contributed by atoms with Gasteiger partial charge in [-0.15, -0.1) is 0 Å². The molecule has 0 aliphatic heterocycles. The maximum absolute atomic E-state index is 11.1. The number of carbonyl (C=O) groups is 1. The smallest absolute Gasteiger partial charge is 0.221 e. The van der Waals surface area contributed by atoms with Crippen molar-refractivity contribution in [1.29, 1.82) is 0 Å². The zero-order chi connectivity index (χ0) is 10.4. The SMILES string of the molecule is NCCC(=O)NCC1CCC(O)CC1. The molecule has 0 bridgehead atoms. The Morgan fingerprint density at radius 1 is 1.36 bits per heavy atom. The third-order valence-electron chi connectivity index (χ3n) is 2.78. The van der Waals surface area contributed by atoms with Crippen molar-refractivity contribution in [2.24, 2.45) is 11.7 Å². The van der Waals surface area contributed by atoms with E-state index in [-0.39, 0.29) is 12.0 Å². The zero-order valence-electron chi connectivity index (χ0n) is 8.54. The molecule has 1 aliphatic rings. The number of nitrogens with two attached hydrogens (primary N) is 1. The predicted octanol–water partition coefficient (Wildman–Crippen LogP) is 0.00250. The molecule has 14 heavy (non-hydrogen) atoms. The summed E-state index contributed by atoms with van der Waals surface area (Å²) in [6.45, 7) is 1.15. The third kappa shape index (κ3) is 4.07. The van der Waals surface area contributed by atoms with Gasteiger partial charge in [0.1, 0.15) is 0 Å². The molecule has 4 nitrogen and oxygen atoms in total. The lowest BCUT2D eigenvalue weighted by atomic mass is 9.87. The highest BCUT2D eigenvalue weighted by Gasteiger charge is 2.19. The molecule has 0 aromatic rings. The van der Waals surface area contributed by atoms with Crippen molar-refractivity contribution in [3.8, 4) is 0 Å². The van der Waals surface area contributed by atoms with Gasteiger partial charge in [0.2, 0.25) is 5.91 Å². The van der Waals surface area contributed by atoms with Gasteiger partial charge in [-0.25, -0.2) is 0 Å². The average Bonchev–Trinajstić information content (AvgIpc) is 2.17. The van der Waals surface area contributed by atoms with Crippen LogP contribution in [0.5, 0.6) is 0 Å². The minimum absolute atomic E-state index is 0.0404. The molecule has 0 aromatic carbocycles. The standard InChI is InChI=1S/C10H20N2O2/c11-6-5-10(14)12-7-8-1-3-9(13)4-2-8/h8-9,13H,1-7,11H2,(H,12,14). The minimum atomic E-state index is -0.119. The molecule has 4 heteroatoms. The van der Waals surface area contributed by atoms with Crippen LogP contribution >= 0.6 is 0 Å². The monoisotopic (exact) mass is 200 g/mol. The fourth-order valence-corrected chi connectivity index (χ4v) is 1.83. The number of rotatable bonds is 4. The van der Waals surface area contributed by atoms with Crippen LogP contribution < -0.4 is 11.1 Å². The Bertz CT molecular complexity index is 177. The van der Waals surface area contributed by atoms with E-state index >= 15 is 0 Å². The number of hydrogen-bond donors (Lipinski definition) is 3. The van der Waals surface area contributed by atoms with E-state index in [0.29, 0.717) is 18.9 Å². The van der Waals surface area contributed by atoms with Gasteiger partial charge in [-0.2, -0.15) is 0 Å². The van der Waals surface area contributed by atoms with Gasteiger partial charge in [0.05, 0.1) is 6.10 Å². The number of carbonyl (C=O) groups excluding carboxylic acids is 1. The van der Waals surface area contributed by atoms with E-state index in [0.717, 1.165) is 32.2 Å². The summed E-state index contributed by atoms with van der Waals surface area (Å²) < 4.78 is 0. The van der Waals surface area contributed by atoms with E-state index in [4.69, 9.17) is 5.73 Å². The van der Waals surface area contributed by atoms with Crippen molar-refractivity contribution >= 4 is 5.91 Å². The molecule has 0 atom stereocenters. The lowest BCUT2D eigenvalue weighted by Gasteiger charge is -2.25. The molecule has 1 saturated carbocycles. The summed E-state index contributed by atoms with van der Waals surface area (Å²) in [4.78, 5) is 11.1. The fourth-order valence-electron chi connectivity index (χ4n) is 1.83. The van der Waals surface area contributed by atoms with Gasteiger partial charge in [0.25, 0.3) is 0 Å². The Morgan fingerprint density at radius 3 is 2.57 bits per heavy atom. The van der Waals surface area contributed by atoms with Crippen molar-refractivity contribution in [3.05, 3.63) is 0 Å². The number of aliphatic hydroxyl groups excluding tert-OH is 1. The number of nitrogens with one attached hydrogen (secondary N) is 1. The van der Waals surface area contributed by atoms with Gasteiger partial charge in [-0.1, -0.05) is 0 Å². The summed E-state index contributed by atoms with van der Waals surface area (Å²) in [6.07, 6.45) is 4.07. The molecule has 1 fully saturated rings. The van der Waals surface area contributed by atoms with Gasteiger partial charge in [0.15, 0.2) is 0 Å². The lowest BCUT2D eigenvalue weighted by molar-refractivity contribution is -0.121. The zero-order valence-corrected chi connectivity index (χ0v) is 8.54. The first-order valence-corrected chi connectivity index (χ1v) is 5.37. The second-order valence-corrected chi connectivity index (χ2v) is 4.02. The highest BCUT2D eigenvalue weighted by atomic mass is 16.3. The van der Waals surface area contributed by atoms with E-state index in [9.17, 15) is 9.90 Å². The molecule has 4 N–H and O–H groups in total.